The Balaban J connectivity index is 2.11. The monoisotopic (exact) mass is 289 g/mol. The molecule has 1 heterocycles. The molecule has 1 amide bonds. The number of amides is 1. The van der Waals surface area contributed by atoms with Gasteiger partial charge in [0.25, 0.3) is 0 Å². The van der Waals surface area contributed by atoms with Crippen LogP contribution in [0.25, 0.3) is 0 Å². The van der Waals surface area contributed by atoms with Crippen LogP contribution in [0.1, 0.15) is 17.2 Å². The summed E-state index contributed by atoms with van der Waals surface area (Å²) in [6.07, 6.45) is 1.53. The molecule has 0 aliphatic carbocycles. The van der Waals surface area contributed by atoms with Gasteiger partial charge in [-0.2, -0.15) is 0 Å². The standard InChI is InChI=1S/C15H12ClNOS/c16-11-5-6-14-10(7-11)8-13(17-9-18)12-3-1-2-4-15(12)19-14/h1-7,9,13H,8H2,(H,17,18)/t13-/m0/s1. The quantitative estimate of drug-likeness (QED) is 0.851. The number of nitrogens with one attached hydrogen (secondary N) is 1. The van der Waals surface area contributed by atoms with Crippen molar-refractivity contribution in [2.24, 2.45) is 0 Å². The zero-order valence-corrected chi connectivity index (χ0v) is 11.7. The molecule has 2 nitrogen and oxygen atoms in total. The van der Waals surface area contributed by atoms with Gasteiger partial charge in [-0.3, -0.25) is 4.79 Å². The minimum absolute atomic E-state index is 0.000849. The van der Waals surface area contributed by atoms with Crippen molar-refractivity contribution in [1.29, 1.82) is 0 Å². The lowest BCUT2D eigenvalue weighted by molar-refractivity contribution is -0.110. The Morgan fingerprint density at radius 1 is 1.21 bits per heavy atom. The van der Waals surface area contributed by atoms with Gasteiger partial charge in [-0.05, 0) is 41.8 Å². The number of rotatable bonds is 2. The topological polar surface area (TPSA) is 29.1 Å². The molecular weight excluding hydrogens is 278 g/mol. The minimum atomic E-state index is 0.000849. The Kier molecular flexibility index (Phi) is 3.49. The van der Waals surface area contributed by atoms with E-state index in [0.29, 0.717) is 0 Å². The fourth-order valence-corrected chi connectivity index (χ4v) is 3.66. The highest BCUT2D eigenvalue weighted by Gasteiger charge is 2.21. The molecule has 4 heteroatoms. The van der Waals surface area contributed by atoms with Gasteiger partial charge in [-0.15, -0.1) is 0 Å². The van der Waals surface area contributed by atoms with E-state index in [2.05, 4.69) is 17.4 Å². The smallest absolute Gasteiger partial charge is 0.207 e. The van der Waals surface area contributed by atoms with Crippen LogP contribution >= 0.6 is 23.4 Å². The van der Waals surface area contributed by atoms with Gasteiger partial charge >= 0.3 is 0 Å². The van der Waals surface area contributed by atoms with Crippen LogP contribution in [-0.2, 0) is 11.2 Å². The van der Waals surface area contributed by atoms with Crippen LogP contribution in [0, 0.1) is 0 Å². The summed E-state index contributed by atoms with van der Waals surface area (Å²) in [4.78, 5) is 13.2. The summed E-state index contributed by atoms with van der Waals surface area (Å²) in [5.74, 6) is 0. The Morgan fingerprint density at radius 3 is 2.89 bits per heavy atom. The van der Waals surface area contributed by atoms with Gasteiger partial charge in [0, 0.05) is 14.8 Å². The second-order valence-corrected chi connectivity index (χ2v) is 5.95. The van der Waals surface area contributed by atoms with Gasteiger partial charge in [0.1, 0.15) is 0 Å². The van der Waals surface area contributed by atoms with E-state index < -0.39 is 0 Å². The average molecular weight is 290 g/mol. The number of benzene rings is 2. The highest BCUT2D eigenvalue weighted by Crippen LogP contribution is 2.41. The average Bonchev–Trinajstić information content (AvgIpc) is 2.56. The first-order chi connectivity index (χ1) is 9.28. The number of hydrogen-bond donors (Lipinski definition) is 1. The third-order valence-electron chi connectivity index (χ3n) is 3.23. The van der Waals surface area contributed by atoms with Crippen molar-refractivity contribution in [3.8, 4) is 0 Å². The van der Waals surface area contributed by atoms with Crippen molar-refractivity contribution in [2.45, 2.75) is 22.3 Å². The molecule has 1 aliphatic heterocycles. The number of fused-ring (bicyclic) bond motifs is 2. The molecule has 0 radical (unpaired) electrons. The predicted molar refractivity (Wildman–Crippen MR) is 77.7 cm³/mol. The Morgan fingerprint density at radius 2 is 2.05 bits per heavy atom. The SMILES string of the molecule is O=CN[C@H]1Cc2cc(Cl)ccc2Sc2ccccc21. The first kappa shape index (κ1) is 12.6. The summed E-state index contributed by atoms with van der Waals surface area (Å²) in [5.41, 5.74) is 2.33. The zero-order chi connectivity index (χ0) is 13.2. The molecule has 96 valence electrons. The molecule has 1 atom stereocenters. The molecule has 0 unspecified atom stereocenters. The largest absolute Gasteiger partial charge is 0.351 e. The second-order valence-electron chi connectivity index (χ2n) is 4.43. The highest BCUT2D eigenvalue weighted by atomic mass is 35.5. The maximum Gasteiger partial charge on any atom is 0.207 e. The number of carbonyl (C=O) groups excluding carboxylic acids is 1. The van der Waals surface area contributed by atoms with E-state index in [9.17, 15) is 4.79 Å². The Labute approximate surface area is 121 Å². The highest BCUT2D eigenvalue weighted by molar-refractivity contribution is 7.99. The minimum Gasteiger partial charge on any atom is -0.351 e. The molecule has 1 aliphatic rings. The van der Waals surface area contributed by atoms with Gasteiger partial charge in [0.2, 0.25) is 6.41 Å². The summed E-state index contributed by atoms with van der Waals surface area (Å²) >= 11 is 7.79. The fourth-order valence-electron chi connectivity index (χ4n) is 2.35. The molecule has 19 heavy (non-hydrogen) atoms. The van der Waals surface area contributed by atoms with Crippen LogP contribution in [-0.4, -0.2) is 6.41 Å². The number of carbonyl (C=O) groups is 1. The summed E-state index contributed by atoms with van der Waals surface area (Å²) in [6.45, 7) is 0. The molecule has 1 N–H and O–H groups in total. The van der Waals surface area contributed by atoms with Crippen LogP contribution in [0.15, 0.2) is 52.3 Å². The molecule has 0 fully saturated rings. The van der Waals surface area contributed by atoms with Crippen LogP contribution < -0.4 is 5.32 Å². The van der Waals surface area contributed by atoms with Crippen LogP contribution in [0.5, 0.6) is 0 Å². The summed E-state index contributed by atoms with van der Waals surface area (Å²) in [7, 11) is 0. The maximum absolute atomic E-state index is 10.8. The van der Waals surface area contributed by atoms with E-state index in [1.54, 1.807) is 11.8 Å². The predicted octanol–water partition coefficient (Wildman–Crippen LogP) is 3.83. The molecule has 3 rings (SSSR count). The van der Waals surface area contributed by atoms with E-state index >= 15 is 0 Å². The van der Waals surface area contributed by atoms with Gasteiger partial charge in [0.15, 0.2) is 0 Å². The van der Waals surface area contributed by atoms with Crippen molar-refractivity contribution in [3.05, 3.63) is 58.6 Å². The molecule has 0 spiro atoms. The molecule has 0 bridgehead atoms. The summed E-state index contributed by atoms with van der Waals surface area (Å²) < 4.78 is 0. The van der Waals surface area contributed by atoms with Crippen LogP contribution in [0.3, 0.4) is 0 Å². The van der Waals surface area contributed by atoms with Crippen molar-refractivity contribution < 1.29 is 4.79 Å². The lowest BCUT2D eigenvalue weighted by Crippen LogP contribution is -2.21. The first-order valence-corrected chi connectivity index (χ1v) is 7.22. The van der Waals surface area contributed by atoms with Gasteiger partial charge in [-0.1, -0.05) is 41.6 Å². The third kappa shape index (κ3) is 2.48. The number of halogens is 1. The molecule has 0 saturated carbocycles. The Hall–Kier alpha value is -1.45. The van der Waals surface area contributed by atoms with Gasteiger partial charge in [0.05, 0.1) is 6.04 Å². The maximum atomic E-state index is 10.8. The Bertz CT molecular complexity index is 629. The third-order valence-corrected chi connectivity index (χ3v) is 4.68. The normalized spacial score (nSPS) is 17.0. The van der Waals surface area contributed by atoms with Crippen molar-refractivity contribution in [2.75, 3.05) is 0 Å². The summed E-state index contributed by atoms with van der Waals surface area (Å²) in [6, 6.07) is 14.1. The molecular formula is C15H12ClNOS. The van der Waals surface area contributed by atoms with E-state index in [1.165, 1.54) is 15.4 Å². The second kappa shape index (κ2) is 5.27. The fraction of sp³-hybridized carbons (Fsp3) is 0.133. The molecule has 2 aromatic rings. The molecule has 0 saturated heterocycles. The van der Waals surface area contributed by atoms with E-state index in [-0.39, 0.29) is 6.04 Å². The molecule has 0 aromatic heterocycles. The van der Waals surface area contributed by atoms with E-state index in [4.69, 9.17) is 11.6 Å². The number of hydrogen-bond acceptors (Lipinski definition) is 2. The van der Waals surface area contributed by atoms with Crippen molar-refractivity contribution in [3.63, 3.8) is 0 Å². The van der Waals surface area contributed by atoms with Crippen molar-refractivity contribution in [1.82, 2.24) is 5.32 Å². The summed E-state index contributed by atoms with van der Waals surface area (Å²) in [5, 5.41) is 3.64. The van der Waals surface area contributed by atoms with E-state index in [0.717, 1.165) is 23.4 Å². The lowest BCUT2D eigenvalue weighted by atomic mass is 9.99. The van der Waals surface area contributed by atoms with Crippen LogP contribution in [0.2, 0.25) is 5.02 Å². The van der Waals surface area contributed by atoms with Crippen molar-refractivity contribution >= 4 is 29.8 Å². The first-order valence-electron chi connectivity index (χ1n) is 6.03. The van der Waals surface area contributed by atoms with Crippen LogP contribution in [0.4, 0.5) is 0 Å². The van der Waals surface area contributed by atoms with Gasteiger partial charge < -0.3 is 5.32 Å². The zero-order valence-electron chi connectivity index (χ0n) is 10.1. The van der Waals surface area contributed by atoms with E-state index in [1.807, 2.05) is 30.3 Å². The lowest BCUT2D eigenvalue weighted by Gasteiger charge is -2.16. The van der Waals surface area contributed by atoms with Gasteiger partial charge in [-0.25, -0.2) is 0 Å². The molecule has 2 aromatic carbocycles.